The van der Waals surface area contributed by atoms with Crippen LogP contribution in [-0.2, 0) is 9.59 Å². The highest BCUT2D eigenvalue weighted by Gasteiger charge is 1.99. The van der Waals surface area contributed by atoms with Crippen LogP contribution in [0.25, 0.3) is 0 Å². The predicted molar refractivity (Wildman–Crippen MR) is 77.6 cm³/mol. The first kappa shape index (κ1) is 19.6. The fourth-order valence-corrected chi connectivity index (χ4v) is 1.83. The SMILES string of the molecule is CCCCCCCCCCCC(=O)CC=O.CN. The van der Waals surface area contributed by atoms with Crippen LogP contribution in [0.2, 0.25) is 0 Å². The van der Waals surface area contributed by atoms with E-state index in [0.717, 1.165) is 12.8 Å². The van der Waals surface area contributed by atoms with E-state index in [1.165, 1.54) is 52.0 Å². The molecule has 0 bridgehead atoms. The molecular weight excluding hydrogens is 226 g/mol. The van der Waals surface area contributed by atoms with Crippen LogP contribution in [0.15, 0.2) is 0 Å². The average molecular weight is 257 g/mol. The van der Waals surface area contributed by atoms with Crippen LogP contribution in [0.1, 0.15) is 77.6 Å². The van der Waals surface area contributed by atoms with Crippen molar-refractivity contribution in [1.29, 1.82) is 0 Å². The first-order chi connectivity index (χ1) is 8.81. The number of rotatable bonds is 12. The summed E-state index contributed by atoms with van der Waals surface area (Å²) in [6.07, 6.45) is 12.8. The molecule has 0 atom stereocenters. The minimum atomic E-state index is 0.0953. The highest BCUT2D eigenvalue weighted by molar-refractivity contribution is 5.89. The zero-order valence-corrected chi connectivity index (χ0v) is 12.2. The number of hydrogen-bond donors (Lipinski definition) is 1. The molecule has 18 heavy (non-hydrogen) atoms. The largest absolute Gasteiger partial charge is 0.333 e. The Kier molecular flexibility index (Phi) is 20.4. The van der Waals surface area contributed by atoms with Crippen LogP contribution in [0.5, 0.6) is 0 Å². The molecular formula is C15H31NO2. The number of carbonyl (C=O) groups is 2. The fraction of sp³-hybridized carbons (Fsp3) is 0.867. The monoisotopic (exact) mass is 257 g/mol. The van der Waals surface area contributed by atoms with Gasteiger partial charge in [0.05, 0.1) is 6.42 Å². The lowest BCUT2D eigenvalue weighted by molar-refractivity contribution is -0.122. The zero-order valence-electron chi connectivity index (χ0n) is 12.2. The summed E-state index contributed by atoms with van der Waals surface area (Å²) in [5.74, 6) is 0.0953. The fourth-order valence-electron chi connectivity index (χ4n) is 1.83. The van der Waals surface area contributed by atoms with Gasteiger partial charge in [-0.3, -0.25) is 4.79 Å². The van der Waals surface area contributed by atoms with Crippen molar-refractivity contribution in [2.75, 3.05) is 7.05 Å². The molecule has 0 heterocycles. The first-order valence-corrected chi connectivity index (χ1v) is 7.34. The summed E-state index contributed by atoms with van der Waals surface area (Å²) in [4.78, 5) is 21.1. The minimum absolute atomic E-state index is 0.0953. The van der Waals surface area contributed by atoms with Gasteiger partial charge in [0.2, 0.25) is 0 Å². The third kappa shape index (κ3) is 17.7. The third-order valence-electron chi connectivity index (χ3n) is 2.87. The topological polar surface area (TPSA) is 60.2 Å². The summed E-state index contributed by atoms with van der Waals surface area (Å²) in [7, 11) is 1.50. The van der Waals surface area contributed by atoms with Crippen molar-refractivity contribution in [3.63, 3.8) is 0 Å². The molecule has 0 fully saturated rings. The van der Waals surface area contributed by atoms with E-state index in [1.54, 1.807) is 0 Å². The highest BCUT2D eigenvalue weighted by Crippen LogP contribution is 2.10. The van der Waals surface area contributed by atoms with Gasteiger partial charge < -0.3 is 10.5 Å². The molecule has 0 aromatic rings. The molecule has 0 unspecified atom stereocenters. The smallest absolute Gasteiger partial charge is 0.139 e. The van der Waals surface area contributed by atoms with Gasteiger partial charge in [0.25, 0.3) is 0 Å². The molecule has 108 valence electrons. The molecule has 0 rings (SSSR count). The van der Waals surface area contributed by atoms with Gasteiger partial charge in [-0.15, -0.1) is 0 Å². The lowest BCUT2D eigenvalue weighted by Crippen LogP contribution is -1.97. The van der Waals surface area contributed by atoms with Crippen molar-refractivity contribution in [1.82, 2.24) is 0 Å². The predicted octanol–water partition coefficient (Wildman–Crippen LogP) is 3.64. The van der Waals surface area contributed by atoms with Gasteiger partial charge in [0.15, 0.2) is 0 Å². The van der Waals surface area contributed by atoms with E-state index < -0.39 is 0 Å². The van der Waals surface area contributed by atoms with Crippen molar-refractivity contribution < 1.29 is 9.59 Å². The van der Waals surface area contributed by atoms with Crippen molar-refractivity contribution in [3.05, 3.63) is 0 Å². The summed E-state index contributed by atoms with van der Waals surface area (Å²) in [5, 5.41) is 0. The number of ketones is 1. The maximum absolute atomic E-state index is 11.0. The minimum Gasteiger partial charge on any atom is -0.333 e. The quantitative estimate of drug-likeness (QED) is 0.330. The van der Waals surface area contributed by atoms with Crippen molar-refractivity contribution in [3.8, 4) is 0 Å². The second-order valence-electron chi connectivity index (χ2n) is 4.49. The van der Waals surface area contributed by atoms with E-state index in [9.17, 15) is 9.59 Å². The van der Waals surface area contributed by atoms with E-state index in [0.29, 0.717) is 12.7 Å². The molecule has 3 nitrogen and oxygen atoms in total. The molecule has 0 spiro atoms. The summed E-state index contributed by atoms with van der Waals surface area (Å²) in [6, 6.07) is 0. The summed E-state index contributed by atoms with van der Waals surface area (Å²) < 4.78 is 0. The van der Waals surface area contributed by atoms with E-state index in [1.807, 2.05) is 0 Å². The van der Waals surface area contributed by atoms with E-state index in [4.69, 9.17) is 0 Å². The van der Waals surface area contributed by atoms with Crippen LogP contribution in [0.4, 0.5) is 0 Å². The van der Waals surface area contributed by atoms with Crippen molar-refractivity contribution >= 4 is 12.1 Å². The Balaban J connectivity index is 0. The molecule has 0 saturated heterocycles. The number of carbonyl (C=O) groups excluding carboxylic acids is 2. The normalized spacial score (nSPS) is 9.50. The van der Waals surface area contributed by atoms with Gasteiger partial charge in [-0.1, -0.05) is 58.3 Å². The second-order valence-corrected chi connectivity index (χ2v) is 4.49. The van der Waals surface area contributed by atoms with Crippen LogP contribution < -0.4 is 5.73 Å². The Morgan fingerprint density at radius 3 is 1.78 bits per heavy atom. The number of unbranched alkanes of at least 4 members (excludes halogenated alkanes) is 8. The second kappa shape index (κ2) is 18.7. The van der Waals surface area contributed by atoms with E-state index in [-0.39, 0.29) is 12.2 Å². The molecule has 3 heteroatoms. The Labute approximate surface area is 113 Å². The lowest BCUT2D eigenvalue weighted by Gasteiger charge is -2.01. The number of hydrogen-bond acceptors (Lipinski definition) is 3. The number of aldehydes is 1. The Bertz CT molecular complexity index is 181. The summed E-state index contributed by atoms with van der Waals surface area (Å²) in [6.45, 7) is 2.23. The molecule has 0 radical (unpaired) electrons. The van der Waals surface area contributed by atoms with Gasteiger partial charge in [-0.2, -0.15) is 0 Å². The van der Waals surface area contributed by atoms with Gasteiger partial charge in [-0.05, 0) is 13.5 Å². The maximum Gasteiger partial charge on any atom is 0.139 e. The summed E-state index contributed by atoms with van der Waals surface area (Å²) in [5.41, 5.74) is 4.50. The molecule has 2 N–H and O–H groups in total. The Morgan fingerprint density at radius 2 is 1.33 bits per heavy atom. The zero-order chi connectivity index (χ0) is 14.1. The highest BCUT2D eigenvalue weighted by atomic mass is 16.1. The maximum atomic E-state index is 11.0. The van der Waals surface area contributed by atoms with E-state index >= 15 is 0 Å². The third-order valence-corrected chi connectivity index (χ3v) is 2.87. The van der Waals surface area contributed by atoms with Gasteiger partial charge in [-0.25, -0.2) is 0 Å². The number of Topliss-reactive ketones (excluding diaryl/α,β-unsaturated/α-hetero) is 1. The molecule has 0 aliphatic carbocycles. The Hall–Kier alpha value is -0.700. The molecule has 0 amide bonds. The van der Waals surface area contributed by atoms with Crippen LogP contribution >= 0.6 is 0 Å². The number of nitrogens with two attached hydrogens (primary N) is 1. The molecule has 0 aromatic carbocycles. The van der Waals surface area contributed by atoms with E-state index in [2.05, 4.69) is 12.7 Å². The summed E-state index contributed by atoms with van der Waals surface area (Å²) >= 11 is 0. The average Bonchev–Trinajstić information content (AvgIpc) is 2.39. The molecule has 0 aromatic heterocycles. The molecule has 0 aliphatic rings. The van der Waals surface area contributed by atoms with Crippen molar-refractivity contribution in [2.24, 2.45) is 5.73 Å². The van der Waals surface area contributed by atoms with Crippen LogP contribution in [-0.4, -0.2) is 19.1 Å². The molecule has 0 aliphatic heterocycles. The van der Waals surface area contributed by atoms with Gasteiger partial charge in [0, 0.05) is 6.42 Å². The van der Waals surface area contributed by atoms with Crippen molar-refractivity contribution in [2.45, 2.75) is 77.6 Å². The van der Waals surface area contributed by atoms with Crippen LogP contribution in [0, 0.1) is 0 Å². The Morgan fingerprint density at radius 1 is 0.889 bits per heavy atom. The molecule has 0 saturated carbocycles. The van der Waals surface area contributed by atoms with Gasteiger partial charge >= 0.3 is 0 Å². The standard InChI is InChI=1S/C14H26O2.CH5N/c1-2-3-4-5-6-7-8-9-10-11-14(16)12-13-15;1-2/h13H,2-12H2,1H3;2H2,1H3. The lowest BCUT2D eigenvalue weighted by atomic mass is 10.1. The van der Waals surface area contributed by atoms with Gasteiger partial charge in [0.1, 0.15) is 12.1 Å². The van der Waals surface area contributed by atoms with Crippen LogP contribution in [0.3, 0.4) is 0 Å². The first-order valence-electron chi connectivity index (χ1n) is 7.34.